The van der Waals surface area contributed by atoms with Crippen LogP contribution in [-0.2, 0) is 0 Å². The Kier molecular flexibility index (Phi) is 3.10. The number of nitro benzene ring substituents is 1. The van der Waals surface area contributed by atoms with E-state index < -0.39 is 4.92 Å². The molecule has 1 aromatic carbocycles. The van der Waals surface area contributed by atoms with Crippen molar-refractivity contribution in [1.82, 2.24) is 0 Å². The van der Waals surface area contributed by atoms with E-state index in [0.717, 1.165) is 0 Å². The number of hydrogen-bond donors (Lipinski definition) is 0. The van der Waals surface area contributed by atoms with E-state index in [1.54, 1.807) is 13.0 Å². The van der Waals surface area contributed by atoms with E-state index in [2.05, 4.69) is 5.92 Å². The summed E-state index contributed by atoms with van der Waals surface area (Å²) in [6, 6.07) is 4.53. The van der Waals surface area contributed by atoms with Crippen molar-refractivity contribution < 1.29 is 4.92 Å². The van der Waals surface area contributed by atoms with Gasteiger partial charge in [-0.2, -0.15) is 0 Å². The molecule has 0 amide bonds. The standard InChI is InChI=1S/C10H8ClNO2/c1-3-7(2)10-8(11)5-4-6-9(10)12(13)14/h1,4-7H,2H3. The molecule has 3 nitrogen and oxygen atoms in total. The van der Waals surface area contributed by atoms with Crippen molar-refractivity contribution in [2.24, 2.45) is 0 Å². The summed E-state index contributed by atoms with van der Waals surface area (Å²) in [5, 5.41) is 11.0. The second-order valence-electron chi connectivity index (χ2n) is 2.82. The summed E-state index contributed by atoms with van der Waals surface area (Å²) < 4.78 is 0. The average Bonchev–Trinajstić information content (AvgIpc) is 2.16. The Morgan fingerprint density at radius 2 is 2.29 bits per heavy atom. The lowest BCUT2D eigenvalue weighted by atomic mass is 10.0. The first-order valence-electron chi connectivity index (χ1n) is 3.97. The van der Waals surface area contributed by atoms with Crippen LogP contribution >= 0.6 is 11.6 Å². The van der Waals surface area contributed by atoms with Gasteiger partial charge in [-0.25, -0.2) is 0 Å². The highest BCUT2D eigenvalue weighted by Gasteiger charge is 2.20. The summed E-state index contributed by atoms with van der Waals surface area (Å²) in [7, 11) is 0. The molecular formula is C10H8ClNO2. The Hall–Kier alpha value is -1.53. The van der Waals surface area contributed by atoms with Gasteiger partial charge in [-0.15, -0.1) is 6.42 Å². The summed E-state index contributed by atoms with van der Waals surface area (Å²) in [6.45, 7) is 1.70. The Labute approximate surface area is 86.8 Å². The summed E-state index contributed by atoms with van der Waals surface area (Å²) >= 11 is 5.85. The highest BCUT2D eigenvalue weighted by atomic mass is 35.5. The molecule has 0 bridgehead atoms. The van der Waals surface area contributed by atoms with E-state index >= 15 is 0 Å². The Morgan fingerprint density at radius 3 is 2.79 bits per heavy atom. The average molecular weight is 210 g/mol. The van der Waals surface area contributed by atoms with E-state index in [4.69, 9.17) is 18.0 Å². The zero-order chi connectivity index (χ0) is 10.7. The van der Waals surface area contributed by atoms with Gasteiger partial charge in [-0.3, -0.25) is 10.1 Å². The molecule has 0 aliphatic rings. The van der Waals surface area contributed by atoms with E-state index in [-0.39, 0.29) is 11.6 Å². The first kappa shape index (κ1) is 10.6. The SMILES string of the molecule is C#CC(C)c1c(Cl)cccc1[N+](=O)[O-]. The van der Waals surface area contributed by atoms with Crippen molar-refractivity contribution >= 4 is 17.3 Å². The molecule has 1 atom stereocenters. The fraction of sp³-hybridized carbons (Fsp3) is 0.200. The van der Waals surface area contributed by atoms with Crippen LogP contribution in [0.2, 0.25) is 5.02 Å². The predicted molar refractivity (Wildman–Crippen MR) is 55.4 cm³/mol. The van der Waals surface area contributed by atoms with Crippen LogP contribution in [0.5, 0.6) is 0 Å². The van der Waals surface area contributed by atoms with Gasteiger partial charge in [-0.1, -0.05) is 23.6 Å². The van der Waals surface area contributed by atoms with E-state index in [1.807, 2.05) is 0 Å². The summed E-state index contributed by atoms with van der Waals surface area (Å²) in [5.41, 5.74) is 0.379. The maximum absolute atomic E-state index is 10.7. The Bertz CT molecular complexity index is 409. The van der Waals surface area contributed by atoms with Gasteiger partial charge in [0.2, 0.25) is 0 Å². The number of nitrogens with zero attached hydrogens (tertiary/aromatic N) is 1. The number of halogens is 1. The molecule has 1 rings (SSSR count). The molecule has 0 heterocycles. The monoisotopic (exact) mass is 209 g/mol. The van der Waals surface area contributed by atoms with Crippen LogP contribution in [0, 0.1) is 22.5 Å². The van der Waals surface area contributed by atoms with Crippen molar-refractivity contribution in [2.45, 2.75) is 12.8 Å². The van der Waals surface area contributed by atoms with Crippen LogP contribution in [0.1, 0.15) is 18.4 Å². The number of terminal acetylenes is 1. The van der Waals surface area contributed by atoms with Crippen LogP contribution < -0.4 is 0 Å². The van der Waals surface area contributed by atoms with Crippen molar-refractivity contribution in [2.75, 3.05) is 0 Å². The fourth-order valence-electron chi connectivity index (χ4n) is 1.20. The quantitative estimate of drug-likeness (QED) is 0.427. The normalized spacial score (nSPS) is 11.8. The topological polar surface area (TPSA) is 43.1 Å². The van der Waals surface area contributed by atoms with Gasteiger partial charge in [0.25, 0.3) is 5.69 Å². The van der Waals surface area contributed by atoms with Crippen molar-refractivity contribution in [3.8, 4) is 12.3 Å². The van der Waals surface area contributed by atoms with Gasteiger partial charge in [-0.05, 0) is 13.0 Å². The smallest absolute Gasteiger partial charge is 0.258 e. The molecule has 0 aliphatic heterocycles. The third-order valence-electron chi connectivity index (χ3n) is 1.91. The Morgan fingerprint density at radius 1 is 1.64 bits per heavy atom. The molecule has 0 spiro atoms. The van der Waals surface area contributed by atoms with Gasteiger partial charge < -0.3 is 0 Å². The number of hydrogen-bond acceptors (Lipinski definition) is 2. The molecule has 1 aromatic rings. The highest BCUT2D eigenvalue weighted by Crippen LogP contribution is 2.32. The second-order valence-corrected chi connectivity index (χ2v) is 3.23. The number of benzene rings is 1. The highest BCUT2D eigenvalue weighted by molar-refractivity contribution is 6.31. The molecule has 0 N–H and O–H groups in total. The second kappa shape index (κ2) is 4.12. The van der Waals surface area contributed by atoms with E-state index in [9.17, 15) is 10.1 Å². The van der Waals surface area contributed by atoms with Crippen LogP contribution in [0.3, 0.4) is 0 Å². The maximum Gasteiger partial charge on any atom is 0.275 e. The van der Waals surface area contributed by atoms with Crippen LogP contribution in [0.4, 0.5) is 5.69 Å². The van der Waals surface area contributed by atoms with Crippen molar-refractivity contribution in [1.29, 1.82) is 0 Å². The molecule has 0 aromatic heterocycles. The molecule has 14 heavy (non-hydrogen) atoms. The maximum atomic E-state index is 10.7. The van der Waals surface area contributed by atoms with E-state index in [1.165, 1.54) is 12.1 Å². The lowest BCUT2D eigenvalue weighted by Crippen LogP contribution is -1.98. The van der Waals surface area contributed by atoms with Crippen molar-refractivity contribution in [3.63, 3.8) is 0 Å². The zero-order valence-electron chi connectivity index (χ0n) is 7.53. The molecule has 1 unspecified atom stereocenters. The minimum atomic E-state index is -0.477. The minimum absolute atomic E-state index is 0.0250. The predicted octanol–water partition coefficient (Wildman–Crippen LogP) is 2.98. The molecule has 4 heteroatoms. The molecule has 0 saturated carbocycles. The number of nitro groups is 1. The van der Waals surface area contributed by atoms with Gasteiger partial charge in [0.1, 0.15) is 0 Å². The van der Waals surface area contributed by atoms with E-state index in [0.29, 0.717) is 10.6 Å². The lowest BCUT2D eigenvalue weighted by Gasteiger charge is -2.07. The van der Waals surface area contributed by atoms with Crippen LogP contribution in [-0.4, -0.2) is 4.92 Å². The largest absolute Gasteiger partial charge is 0.275 e. The lowest BCUT2D eigenvalue weighted by molar-refractivity contribution is -0.385. The molecule has 0 fully saturated rings. The third kappa shape index (κ3) is 1.86. The fourth-order valence-corrected chi connectivity index (χ4v) is 1.53. The Balaban J connectivity index is 3.38. The first-order valence-corrected chi connectivity index (χ1v) is 4.34. The van der Waals surface area contributed by atoms with Gasteiger partial charge >= 0.3 is 0 Å². The summed E-state index contributed by atoms with van der Waals surface area (Å²) in [6.07, 6.45) is 5.21. The van der Waals surface area contributed by atoms with Crippen molar-refractivity contribution in [3.05, 3.63) is 38.9 Å². The minimum Gasteiger partial charge on any atom is -0.258 e. The third-order valence-corrected chi connectivity index (χ3v) is 2.24. The van der Waals surface area contributed by atoms with Gasteiger partial charge in [0.05, 0.1) is 21.4 Å². The first-order chi connectivity index (χ1) is 6.57. The zero-order valence-corrected chi connectivity index (χ0v) is 8.28. The molecule has 72 valence electrons. The summed E-state index contributed by atoms with van der Waals surface area (Å²) in [5.74, 6) is 2.07. The molecule has 0 saturated heterocycles. The van der Waals surface area contributed by atoms with Gasteiger partial charge in [0, 0.05) is 6.07 Å². The molecule has 0 aliphatic carbocycles. The number of rotatable bonds is 2. The molecular weight excluding hydrogens is 202 g/mol. The molecule has 0 radical (unpaired) electrons. The summed E-state index contributed by atoms with van der Waals surface area (Å²) in [4.78, 5) is 10.2. The van der Waals surface area contributed by atoms with Crippen LogP contribution in [0.25, 0.3) is 0 Å². The van der Waals surface area contributed by atoms with Crippen LogP contribution in [0.15, 0.2) is 18.2 Å². The van der Waals surface area contributed by atoms with Gasteiger partial charge in [0.15, 0.2) is 0 Å².